The van der Waals surface area contributed by atoms with E-state index < -0.39 is 22.8 Å². The third-order valence-electron chi connectivity index (χ3n) is 3.12. The van der Waals surface area contributed by atoms with Gasteiger partial charge in [-0.15, -0.1) is 0 Å². The van der Waals surface area contributed by atoms with Gasteiger partial charge >= 0.3 is 17.8 Å². The van der Waals surface area contributed by atoms with Gasteiger partial charge in [0.1, 0.15) is 5.69 Å². The van der Waals surface area contributed by atoms with E-state index in [1.54, 1.807) is 0 Å². The molecule has 9 heteroatoms. The van der Waals surface area contributed by atoms with Gasteiger partial charge in [0.05, 0.1) is 11.5 Å². The Morgan fingerprint density at radius 2 is 1.90 bits per heavy atom. The highest BCUT2D eigenvalue weighted by Crippen LogP contribution is 2.26. The minimum Gasteiger partial charge on any atom is -0.383 e. The number of nitrogens with zero attached hydrogens (tertiary/aromatic N) is 3. The molecule has 0 atom stereocenters. The van der Waals surface area contributed by atoms with Crippen molar-refractivity contribution in [2.24, 2.45) is 0 Å². The van der Waals surface area contributed by atoms with Crippen molar-refractivity contribution in [3.63, 3.8) is 0 Å². The third kappa shape index (κ3) is 2.40. The summed E-state index contributed by atoms with van der Waals surface area (Å²) in [7, 11) is 2.74. The second kappa shape index (κ2) is 5.19. The van der Waals surface area contributed by atoms with Crippen molar-refractivity contribution in [2.45, 2.75) is 6.54 Å². The van der Waals surface area contributed by atoms with Gasteiger partial charge in [-0.25, -0.2) is 4.79 Å². The molecular weight excluding hydrogens is 280 g/mol. The Labute approximate surface area is 119 Å². The van der Waals surface area contributed by atoms with E-state index in [1.807, 2.05) is 0 Å². The standard InChI is InChI=1S/C12H12N4O5/c1-13-8-5-7(3-4-9(8)16(20)21)6-15-11(18)10(17)14(2)12(15)19/h3-5,13H,6H2,1-2H3. The molecule has 1 aromatic rings. The van der Waals surface area contributed by atoms with Crippen LogP contribution in [0.2, 0.25) is 0 Å². The summed E-state index contributed by atoms with van der Waals surface area (Å²) in [4.78, 5) is 46.6. The first-order valence-corrected chi connectivity index (χ1v) is 5.95. The molecule has 0 radical (unpaired) electrons. The molecule has 1 heterocycles. The lowest BCUT2D eigenvalue weighted by Crippen LogP contribution is -2.31. The SMILES string of the molecule is CNc1cc(CN2C(=O)C(=O)N(C)C2=O)ccc1[N+](=O)[O-]. The Balaban J connectivity index is 2.29. The molecular formula is C12H12N4O5. The Hall–Kier alpha value is -2.97. The van der Waals surface area contributed by atoms with Crippen LogP contribution in [0.5, 0.6) is 0 Å². The summed E-state index contributed by atoms with van der Waals surface area (Å²) in [6.45, 7) is -0.125. The summed E-state index contributed by atoms with van der Waals surface area (Å²) in [5, 5.41) is 13.5. The Morgan fingerprint density at radius 1 is 1.24 bits per heavy atom. The number of hydrogen-bond acceptors (Lipinski definition) is 6. The van der Waals surface area contributed by atoms with Crippen molar-refractivity contribution in [1.82, 2.24) is 9.80 Å². The second-order valence-electron chi connectivity index (χ2n) is 4.40. The van der Waals surface area contributed by atoms with Gasteiger partial charge in [0.2, 0.25) is 0 Å². The average Bonchev–Trinajstić information content (AvgIpc) is 2.64. The van der Waals surface area contributed by atoms with Crippen molar-refractivity contribution in [1.29, 1.82) is 0 Å². The molecule has 110 valence electrons. The van der Waals surface area contributed by atoms with E-state index in [1.165, 1.54) is 32.3 Å². The number of carbonyl (C=O) groups excluding carboxylic acids is 3. The lowest BCUT2D eigenvalue weighted by Gasteiger charge is -2.13. The highest BCUT2D eigenvalue weighted by atomic mass is 16.6. The second-order valence-corrected chi connectivity index (χ2v) is 4.40. The molecule has 0 spiro atoms. The number of hydrogen-bond donors (Lipinski definition) is 1. The lowest BCUT2D eigenvalue weighted by molar-refractivity contribution is -0.384. The number of urea groups is 1. The molecule has 1 saturated heterocycles. The molecule has 1 aliphatic heterocycles. The third-order valence-corrected chi connectivity index (χ3v) is 3.12. The number of anilines is 1. The first kappa shape index (κ1) is 14.4. The molecule has 0 aromatic heterocycles. The van der Waals surface area contributed by atoms with Crippen LogP contribution in [0.4, 0.5) is 16.2 Å². The molecule has 0 aliphatic carbocycles. The van der Waals surface area contributed by atoms with Crippen LogP contribution in [0.3, 0.4) is 0 Å². The van der Waals surface area contributed by atoms with Gasteiger partial charge in [-0.05, 0) is 11.6 Å². The molecule has 4 amide bonds. The van der Waals surface area contributed by atoms with Crippen LogP contribution < -0.4 is 5.32 Å². The van der Waals surface area contributed by atoms with Crippen LogP contribution in [0.15, 0.2) is 18.2 Å². The Kier molecular flexibility index (Phi) is 3.57. The van der Waals surface area contributed by atoms with Crippen molar-refractivity contribution in [3.05, 3.63) is 33.9 Å². The van der Waals surface area contributed by atoms with E-state index >= 15 is 0 Å². The highest BCUT2D eigenvalue weighted by Gasteiger charge is 2.42. The summed E-state index contributed by atoms with van der Waals surface area (Å²) in [5.74, 6) is -1.80. The Bertz CT molecular complexity index is 657. The lowest BCUT2D eigenvalue weighted by atomic mass is 10.1. The number of rotatable bonds is 4. The predicted octanol–water partition coefficient (Wildman–Crippen LogP) is 0.557. The zero-order valence-corrected chi connectivity index (χ0v) is 11.3. The van der Waals surface area contributed by atoms with Crippen LogP contribution in [0.25, 0.3) is 0 Å². The zero-order chi connectivity index (χ0) is 15.7. The summed E-state index contributed by atoms with van der Waals surface area (Å²) in [5.41, 5.74) is 0.638. The van der Waals surface area contributed by atoms with E-state index in [0.29, 0.717) is 5.56 Å². The first-order valence-electron chi connectivity index (χ1n) is 5.95. The van der Waals surface area contributed by atoms with E-state index in [-0.39, 0.29) is 17.9 Å². The molecule has 9 nitrogen and oxygen atoms in total. The van der Waals surface area contributed by atoms with Crippen molar-refractivity contribution < 1.29 is 19.3 Å². The molecule has 0 bridgehead atoms. The fourth-order valence-electron chi connectivity index (χ4n) is 1.98. The molecule has 1 aromatic carbocycles. The number of benzene rings is 1. The van der Waals surface area contributed by atoms with Crippen LogP contribution in [0.1, 0.15) is 5.56 Å². The van der Waals surface area contributed by atoms with Crippen LogP contribution in [0, 0.1) is 10.1 Å². The van der Waals surface area contributed by atoms with Gasteiger partial charge in [-0.3, -0.25) is 29.5 Å². The van der Waals surface area contributed by atoms with Gasteiger partial charge in [-0.2, -0.15) is 0 Å². The summed E-state index contributed by atoms with van der Waals surface area (Å²) < 4.78 is 0. The number of likely N-dealkylation sites (N-methyl/N-ethyl adjacent to an activating group) is 1. The van der Waals surface area contributed by atoms with Crippen LogP contribution in [-0.2, 0) is 16.1 Å². The Morgan fingerprint density at radius 3 is 2.38 bits per heavy atom. The van der Waals surface area contributed by atoms with Crippen molar-refractivity contribution in [2.75, 3.05) is 19.4 Å². The number of carbonyl (C=O) groups is 3. The zero-order valence-electron chi connectivity index (χ0n) is 11.3. The van der Waals surface area contributed by atoms with Gasteiger partial charge < -0.3 is 5.32 Å². The number of nitro groups is 1. The predicted molar refractivity (Wildman–Crippen MR) is 71.4 cm³/mol. The van der Waals surface area contributed by atoms with E-state index in [2.05, 4.69) is 5.32 Å². The number of amides is 4. The smallest absolute Gasteiger partial charge is 0.334 e. The monoisotopic (exact) mass is 292 g/mol. The molecule has 1 aliphatic rings. The molecule has 2 rings (SSSR count). The fourth-order valence-corrected chi connectivity index (χ4v) is 1.98. The number of imide groups is 2. The maximum Gasteiger partial charge on any atom is 0.334 e. The van der Waals surface area contributed by atoms with Gasteiger partial charge in [0, 0.05) is 20.2 Å². The van der Waals surface area contributed by atoms with E-state index in [4.69, 9.17) is 0 Å². The summed E-state index contributed by atoms with van der Waals surface area (Å²) >= 11 is 0. The largest absolute Gasteiger partial charge is 0.383 e. The van der Waals surface area contributed by atoms with E-state index in [0.717, 1.165) is 9.80 Å². The quantitative estimate of drug-likeness (QED) is 0.375. The fraction of sp³-hybridized carbons (Fsp3) is 0.250. The number of nitro benzene ring substituents is 1. The summed E-state index contributed by atoms with van der Waals surface area (Å²) in [6.07, 6.45) is 0. The molecule has 1 fully saturated rings. The van der Waals surface area contributed by atoms with Crippen molar-refractivity contribution >= 4 is 29.2 Å². The maximum absolute atomic E-state index is 11.7. The number of nitrogens with one attached hydrogen (secondary N) is 1. The van der Waals surface area contributed by atoms with Gasteiger partial charge in [0.25, 0.3) is 5.69 Å². The normalized spacial score (nSPS) is 14.9. The van der Waals surface area contributed by atoms with Gasteiger partial charge in [0.15, 0.2) is 0 Å². The minimum absolute atomic E-state index is 0.117. The van der Waals surface area contributed by atoms with E-state index in [9.17, 15) is 24.5 Å². The summed E-state index contributed by atoms with van der Waals surface area (Å²) in [6, 6.07) is 3.45. The highest BCUT2D eigenvalue weighted by molar-refractivity contribution is 6.44. The van der Waals surface area contributed by atoms with Crippen LogP contribution in [-0.4, -0.2) is 46.7 Å². The first-order chi connectivity index (χ1) is 9.86. The molecule has 0 unspecified atom stereocenters. The topological polar surface area (TPSA) is 113 Å². The van der Waals surface area contributed by atoms with Crippen molar-refractivity contribution in [3.8, 4) is 0 Å². The molecule has 21 heavy (non-hydrogen) atoms. The molecule has 0 saturated carbocycles. The van der Waals surface area contributed by atoms with Crippen LogP contribution >= 0.6 is 0 Å². The van der Waals surface area contributed by atoms with Gasteiger partial charge in [-0.1, -0.05) is 6.07 Å². The molecule has 1 N–H and O–H groups in total. The maximum atomic E-state index is 11.7. The average molecular weight is 292 g/mol. The minimum atomic E-state index is -0.910.